The van der Waals surface area contributed by atoms with E-state index in [1.165, 1.54) is 10.4 Å². The van der Waals surface area contributed by atoms with E-state index in [2.05, 4.69) is 15.5 Å². The second-order valence-corrected chi connectivity index (χ2v) is 6.36. The van der Waals surface area contributed by atoms with E-state index >= 15 is 0 Å². The minimum atomic E-state index is -3.48. The largest absolute Gasteiger partial charge is 0.317 e. The fraction of sp³-hybridized carbons (Fsp3) is 0.636. The number of nitrogens with one attached hydrogen (secondary N) is 1. The molecule has 0 bridgehead atoms. The predicted molar refractivity (Wildman–Crippen MR) is 74.9 cm³/mol. The van der Waals surface area contributed by atoms with Crippen LogP contribution in [-0.4, -0.2) is 49.1 Å². The van der Waals surface area contributed by atoms with Crippen LogP contribution in [0.25, 0.3) is 0 Å². The molecule has 1 aliphatic heterocycles. The first-order valence-electron chi connectivity index (χ1n) is 6.02. The third-order valence-electron chi connectivity index (χ3n) is 3.24. The highest BCUT2D eigenvalue weighted by Gasteiger charge is 2.29. The molecule has 2 rings (SSSR count). The average Bonchev–Trinajstić information content (AvgIpc) is 2.39. The summed E-state index contributed by atoms with van der Waals surface area (Å²) in [5, 5.41) is 10.8. The first kappa shape index (κ1) is 16.3. The molecule has 0 atom stereocenters. The van der Waals surface area contributed by atoms with Crippen molar-refractivity contribution < 1.29 is 8.42 Å². The lowest BCUT2D eigenvalue weighted by Gasteiger charge is -2.30. The maximum Gasteiger partial charge on any atom is 0.262 e. The summed E-state index contributed by atoms with van der Waals surface area (Å²) in [6, 6.07) is 3.59. The van der Waals surface area contributed by atoms with Crippen LogP contribution in [0.2, 0.25) is 0 Å². The zero-order valence-electron chi connectivity index (χ0n) is 11.0. The Bertz CT molecular complexity index is 498. The van der Waals surface area contributed by atoms with Crippen molar-refractivity contribution in [1.29, 1.82) is 0 Å². The summed E-state index contributed by atoms with van der Waals surface area (Å²) >= 11 is 0. The molecule has 6 nitrogen and oxygen atoms in total. The van der Waals surface area contributed by atoms with E-state index in [0.29, 0.717) is 24.8 Å². The van der Waals surface area contributed by atoms with Crippen LogP contribution < -0.4 is 5.32 Å². The van der Waals surface area contributed by atoms with Gasteiger partial charge in [-0.3, -0.25) is 0 Å². The smallest absolute Gasteiger partial charge is 0.262 e. The molecule has 0 aliphatic carbocycles. The normalized spacial score (nSPS) is 18.0. The number of aryl methyl sites for hydroxylation is 1. The maximum absolute atomic E-state index is 12.3. The molecule has 0 amide bonds. The van der Waals surface area contributed by atoms with Crippen LogP contribution in [0.5, 0.6) is 0 Å². The van der Waals surface area contributed by atoms with E-state index in [4.69, 9.17) is 0 Å². The summed E-state index contributed by atoms with van der Waals surface area (Å²) in [6.45, 7) is 2.84. The SMILES string of the molecule is CNC1CCN(S(=O)(=O)c2ccc(C)nn2)CC1.Cl. The summed E-state index contributed by atoms with van der Waals surface area (Å²) in [4.78, 5) is 0. The molecule has 1 aromatic heterocycles. The minimum Gasteiger partial charge on any atom is -0.317 e. The first-order valence-corrected chi connectivity index (χ1v) is 7.46. The molecule has 0 spiro atoms. The molecule has 1 N–H and O–H groups in total. The van der Waals surface area contributed by atoms with Crippen LogP contribution in [-0.2, 0) is 10.0 Å². The Hall–Kier alpha value is -0.760. The first-order chi connectivity index (χ1) is 8.54. The van der Waals surface area contributed by atoms with Crippen LogP contribution >= 0.6 is 12.4 Å². The number of nitrogens with zero attached hydrogens (tertiary/aromatic N) is 3. The van der Waals surface area contributed by atoms with Gasteiger partial charge in [0.15, 0.2) is 5.03 Å². The standard InChI is InChI=1S/C11H18N4O2S.ClH/c1-9-3-4-11(14-13-9)18(16,17)15-7-5-10(12-2)6-8-15;/h3-4,10,12H,5-8H2,1-2H3;1H. The van der Waals surface area contributed by atoms with Gasteiger partial charge in [0.25, 0.3) is 10.0 Å². The van der Waals surface area contributed by atoms with E-state index in [9.17, 15) is 8.42 Å². The minimum absolute atomic E-state index is 0. The second-order valence-electron chi connectivity index (χ2n) is 4.48. The summed E-state index contributed by atoms with van der Waals surface area (Å²) in [6.07, 6.45) is 1.66. The molecule has 1 saturated heterocycles. The lowest BCUT2D eigenvalue weighted by molar-refractivity contribution is 0.297. The van der Waals surface area contributed by atoms with Crippen LogP contribution in [0.1, 0.15) is 18.5 Å². The predicted octanol–water partition coefficient (Wildman–Crippen LogP) is 0.579. The van der Waals surface area contributed by atoms with Crippen molar-refractivity contribution in [3.05, 3.63) is 17.8 Å². The van der Waals surface area contributed by atoms with Gasteiger partial charge < -0.3 is 5.32 Å². The lowest BCUT2D eigenvalue weighted by atomic mass is 10.1. The number of rotatable bonds is 3. The van der Waals surface area contributed by atoms with Crippen molar-refractivity contribution >= 4 is 22.4 Å². The van der Waals surface area contributed by atoms with Gasteiger partial charge in [0.05, 0.1) is 5.69 Å². The topological polar surface area (TPSA) is 75.2 Å². The van der Waals surface area contributed by atoms with Crippen molar-refractivity contribution in [2.75, 3.05) is 20.1 Å². The van der Waals surface area contributed by atoms with Crippen LogP contribution in [0.15, 0.2) is 17.2 Å². The Morgan fingerprint density at radius 2 is 1.89 bits per heavy atom. The van der Waals surface area contributed by atoms with Gasteiger partial charge in [-0.2, -0.15) is 9.40 Å². The molecule has 0 radical (unpaired) electrons. The highest BCUT2D eigenvalue weighted by molar-refractivity contribution is 7.89. The molecule has 108 valence electrons. The lowest BCUT2D eigenvalue weighted by Crippen LogP contribution is -2.44. The van der Waals surface area contributed by atoms with E-state index in [1.807, 2.05) is 7.05 Å². The molecule has 0 saturated carbocycles. The van der Waals surface area contributed by atoms with Crippen molar-refractivity contribution in [3.8, 4) is 0 Å². The monoisotopic (exact) mass is 306 g/mol. The van der Waals surface area contributed by atoms with Crippen LogP contribution in [0.4, 0.5) is 0 Å². The van der Waals surface area contributed by atoms with Gasteiger partial charge in [-0.15, -0.1) is 17.5 Å². The van der Waals surface area contributed by atoms with E-state index in [1.54, 1.807) is 13.0 Å². The highest BCUT2D eigenvalue weighted by Crippen LogP contribution is 2.18. The van der Waals surface area contributed by atoms with Crippen LogP contribution in [0.3, 0.4) is 0 Å². The molecular weight excluding hydrogens is 288 g/mol. The summed E-state index contributed by atoms with van der Waals surface area (Å²) < 4.78 is 26.1. The second kappa shape index (κ2) is 6.60. The highest BCUT2D eigenvalue weighted by atomic mass is 35.5. The third-order valence-corrected chi connectivity index (χ3v) is 5.03. The Balaban J connectivity index is 0.00000180. The van der Waals surface area contributed by atoms with Crippen LogP contribution in [0, 0.1) is 6.92 Å². The number of piperidine rings is 1. The van der Waals surface area contributed by atoms with Gasteiger partial charge >= 0.3 is 0 Å². The molecular formula is C11H19ClN4O2S. The molecule has 1 aromatic rings. The molecule has 19 heavy (non-hydrogen) atoms. The van der Waals surface area contributed by atoms with E-state index < -0.39 is 10.0 Å². The molecule has 1 fully saturated rings. The zero-order chi connectivity index (χ0) is 13.2. The Morgan fingerprint density at radius 1 is 1.26 bits per heavy atom. The average molecular weight is 307 g/mol. The van der Waals surface area contributed by atoms with Crippen molar-refractivity contribution in [3.63, 3.8) is 0 Å². The number of halogens is 1. The number of sulfonamides is 1. The zero-order valence-corrected chi connectivity index (χ0v) is 12.7. The van der Waals surface area contributed by atoms with Gasteiger partial charge in [-0.25, -0.2) is 8.42 Å². The number of aromatic nitrogens is 2. The maximum atomic E-state index is 12.3. The van der Waals surface area contributed by atoms with Gasteiger partial charge in [0.1, 0.15) is 0 Å². The quantitative estimate of drug-likeness (QED) is 0.884. The Labute approximate surface area is 120 Å². The fourth-order valence-electron chi connectivity index (χ4n) is 2.04. The molecule has 0 aromatic carbocycles. The van der Waals surface area contributed by atoms with E-state index in [-0.39, 0.29) is 17.4 Å². The Kier molecular flexibility index (Phi) is 5.66. The Morgan fingerprint density at radius 3 is 2.37 bits per heavy atom. The van der Waals surface area contributed by atoms with Gasteiger partial charge in [0.2, 0.25) is 0 Å². The number of hydrogen-bond donors (Lipinski definition) is 1. The molecule has 2 heterocycles. The van der Waals surface area contributed by atoms with Gasteiger partial charge in [-0.1, -0.05) is 0 Å². The fourth-order valence-corrected chi connectivity index (χ4v) is 3.38. The van der Waals surface area contributed by atoms with Gasteiger partial charge in [0, 0.05) is 19.1 Å². The van der Waals surface area contributed by atoms with Crippen molar-refractivity contribution in [1.82, 2.24) is 19.8 Å². The van der Waals surface area contributed by atoms with Crippen molar-refractivity contribution in [2.45, 2.75) is 30.8 Å². The molecule has 0 unspecified atom stereocenters. The summed E-state index contributed by atoms with van der Waals surface area (Å²) in [7, 11) is -1.58. The van der Waals surface area contributed by atoms with Gasteiger partial charge in [-0.05, 0) is 38.9 Å². The van der Waals surface area contributed by atoms with E-state index in [0.717, 1.165) is 12.8 Å². The summed E-state index contributed by atoms with van der Waals surface area (Å²) in [5.41, 5.74) is 0.711. The van der Waals surface area contributed by atoms with Crippen molar-refractivity contribution in [2.24, 2.45) is 0 Å². The summed E-state index contributed by atoms with van der Waals surface area (Å²) in [5.74, 6) is 0. The number of hydrogen-bond acceptors (Lipinski definition) is 5. The third kappa shape index (κ3) is 3.62. The molecule has 1 aliphatic rings. The molecule has 8 heteroatoms.